The first-order valence-electron chi connectivity index (χ1n) is 6.55. The van der Waals surface area contributed by atoms with Crippen molar-refractivity contribution in [3.63, 3.8) is 0 Å². The quantitative estimate of drug-likeness (QED) is 0.697. The number of fused-ring (bicyclic) bond motifs is 1. The normalized spacial score (nSPS) is 11.3. The van der Waals surface area contributed by atoms with E-state index in [9.17, 15) is 4.39 Å². The van der Waals surface area contributed by atoms with Gasteiger partial charge in [-0.25, -0.2) is 0 Å². The second kappa shape index (κ2) is 5.42. The molecule has 0 atom stereocenters. The number of hydrogen-bond acceptors (Lipinski definition) is 3. The predicted octanol–water partition coefficient (Wildman–Crippen LogP) is 1.77. The number of aromatic nitrogens is 4. The Morgan fingerprint density at radius 3 is 3.05 bits per heavy atom. The van der Waals surface area contributed by atoms with Gasteiger partial charge in [-0.1, -0.05) is 12.1 Å². The fourth-order valence-electron chi connectivity index (χ4n) is 2.30. The summed E-state index contributed by atoms with van der Waals surface area (Å²) in [6.45, 7) is 1.48. The Bertz CT molecular complexity index is 715. The molecule has 20 heavy (non-hydrogen) atoms. The lowest BCUT2D eigenvalue weighted by Gasteiger charge is -2.04. The highest BCUT2D eigenvalue weighted by molar-refractivity contribution is 5.82. The van der Waals surface area contributed by atoms with Gasteiger partial charge in [-0.3, -0.25) is 9.78 Å². The first-order valence-corrected chi connectivity index (χ1v) is 6.55. The zero-order valence-corrected chi connectivity index (χ0v) is 11.2. The number of benzene rings is 1. The fourth-order valence-corrected chi connectivity index (χ4v) is 2.30. The van der Waals surface area contributed by atoms with E-state index >= 15 is 0 Å². The molecule has 0 radical (unpaired) electrons. The van der Waals surface area contributed by atoms with Gasteiger partial charge < -0.3 is 5.32 Å². The van der Waals surface area contributed by atoms with E-state index in [4.69, 9.17) is 0 Å². The topological polar surface area (TPSA) is 58.5 Å². The van der Waals surface area contributed by atoms with Crippen molar-refractivity contribution in [1.82, 2.24) is 25.3 Å². The summed E-state index contributed by atoms with van der Waals surface area (Å²) < 4.78 is 15.4. The van der Waals surface area contributed by atoms with Crippen LogP contribution in [0, 0.1) is 5.95 Å². The number of H-pyrrole nitrogens is 1. The molecule has 5 nitrogen and oxygen atoms in total. The first kappa shape index (κ1) is 12.8. The highest BCUT2D eigenvalue weighted by Crippen LogP contribution is 2.19. The van der Waals surface area contributed by atoms with Crippen LogP contribution in [0.1, 0.15) is 11.3 Å². The van der Waals surface area contributed by atoms with Crippen molar-refractivity contribution in [3.05, 3.63) is 47.7 Å². The van der Waals surface area contributed by atoms with Crippen molar-refractivity contribution < 1.29 is 4.39 Å². The lowest BCUT2D eigenvalue weighted by molar-refractivity contribution is 0.586. The average Bonchev–Trinajstić information content (AvgIpc) is 3.02. The summed E-state index contributed by atoms with van der Waals surface area (Å²) >= 11 is 0. The fraction of sp³-hybridized carbons (Fsp3) is 0.286. The molecule has 0 amide bonds. The molecule has 2 N–H and O–H groups in total. The van der Waals surface area contributed by atoms with Gasteiger partial charge in [0, 0.05) is 19.8 Å². The van der Waals surface area contributed by atoms with Gasteiger partial charge in [0.15, 0.2) is 0 Å². The molecule has 3 rings (SSSR count). The third kappa shape index (κ3) is 2.55. The minimum atomic E-state index is -0.361. The lowest BCUT2D eigenvalue weighted by atomic mass is 10.1. The Morgan fingerprint density at radius 2 is 2.25 bits per heavy atom. The third-order valence-electron chi connectivity index (χ3n) is 3.27. The van der Waals surface area contributed by atoms with Crippen molar-refractivity contribution in [3.8, 4) is 0 Å². The Morgan fingerprint density at radius 1 is 1.35 bits per heavy atom. The molecule has 2 aromatic heterocycles. The van der Waals surface area contributed by atoms with Crippen molar-refractivity contribution in [2.24, 2.45) is 7.05 Å². The summed E-state index contributed by atoms with van der Waals surface area (Å²) in [6, 6.07) is 7.61. The maximum absolute atomic E-state index is 13.6. The summed E-state index contributed by atoms with van der Waals surface area (Å²) in [5.41, 5.74) is 2.63. The maximum Gasteiger partial charge on any atom is 0.217 e. The predicted molar refractivity (Wildman–Crippen MR) is 74.7 cm³/mol. The van der Waals surface area contributed by atoms with E-state index < -0.39 is 0 Å². The Hall–Kier alpha value is -2.21. The number of aromatic amines is 1. The van der Waals surface area contributed by atoms with Gasteiger partial charge in [0.1, 0.15) is 0 Å². The maximum atomic E-state index is 13.6. The van der Waals surface area contributed by atoms with Crippen LogP contribution in [-0.4, -0.2) is 26.5 Å². The van der Waals surface area contributed by atoms with E-state index in [0.29, 0.717) is 17.4 Å². The monoisotopic (exact) mass is 273 g/mol. The van der Waals surface area contributed by atoms with Gasteiger partial charge in [0.2, 0.25) is 5.95 Å². The third-order valence-corrected chi connectivity index (χ3v) is 3.27. The van der Waals surface area contributed by atoms with E-state index in [-0.39, 0.29) is 5.95 Å². The SMILES string of the molecule is Cn1ccc(CNCCc2cccc3n[nH]c(F)c23)n1. The van der Waals surface area contributed by atoms with E-state index in [1.54, 1.807) is 10.7 Å². The lowest BCUT2D eigenvalue weighted by Crippen LogP contribution is -2.17. The average molecular weight is 273 g/mol. The Balaban J connectivity index is 1.61. The summed E-state index contributed by atoms with van der Waals surface area (Å²) in [6.07, 6.45) is 2.67. The molecule has 2 heterocycles. The van der Waals surface area contributed by atoms with Crippen molar-refractivity contribution in [2.45, 2.75) is 13.0 Å². The van der Waals surface area contributed by atoms with Crippen molar-refractivity contribution in [2.75, 3.05) is 6.54 Å². The molecule has 3 aromatic rings. The molecule has 0 unspecified atom stereocenters. The first-order chi connectivity index (χ1) is 9.74. The van der Waals surface area contributed by atoms with E-state index in [2.05, 4.69) is 20.6 Å². The second-order valence-corrected chi connectivity index (χ2v) is 4.76. The van der Waals surface area contributed by atoms with Crippen LogP contribution in [0.4, 0.5) is 4.39 Å². The standard InChI is InChI=1S/C14H16FN5/c1-20-8-6-11(19-20)9-16-7-5-10-3-2-4-12-13(10)14(15)18-17-12/h2-4,6,8,16H,5,7,9H2,1H3,(H,17,18). The number of nitrogens with zero attached hydrogens (tertiary/aromatic N) is 3. The van der Waals surface area contributed by atoms with E-state index in [1.165, 1.54) is 0 Å². The van der Waals surface area contributed by atoms with Crippen LogP contribution in [0.25, 0.3) is 10.9 Å². The van der Waals surface area contributed by atoms with Crippen LogP contribution in [0.3, 0.4) is 0 Å². The zero-order chi connectivity index (χ0) is 13.9. The minimum Gasteiger partial charge on any atom is -0.311 e. The molecule has 1 aromatic carbocycles. The molecule has 0 fully saturated rings. The molecule has 0 saturated carbocycles. The molecule has 0 saturated heterocycles. The highest BCUT2D eigenvalue weighted by Gasteiger charge is 2.09. The van der Waals surface area contributed by atoms with Crippen LogP contribution in [0.5, 0.6) is 0 Å². The summed E-state index contributed by atoms with van der Waals surface area (Å²) in [5, 5.41) is 14.5. The molecule has 6 heteroatoms. The smallest absolute Gasteiger partial charge is 0.217 e. The molecule has 0 aliphatic heterocycles. The second-order valence-electron chi connectivity index (χ2n) is 4.76. The molecule has 104 valence electrons. The van der Waals surface area contributed by atoms with Gasteiger partial charge in [0.05, 0.1) is 16.6 Å². The van der Waals surface area contributed by atoms with Crippen LogP contribution in [0.15, 0.2) is 30.5 Å². The number of rotatable bonds is 5. The van der Waals surface area contributed by atoms with Crippen LogP contribution in [0.2, 0.25) is 0 Å². The number of hydrogen-bond donors (Lipinski definition) is 2. The molecule has 0 spiro atoms. The minimum absolute atomic E-state index is 0.361. The Labute approximate surface area is 115 Å². The van der Waals surface area contributed by atoms with Crippen molar-refractivity contribution >= 4 is 10.9 Å². The number of halogens is 1. The van der Waals surface area contributed by atoms with Gasteiger partial charge in [-0.2, -0.15) is 14.6 Å². The van der Waals surface area contributed by atoms with E-state index in [0.717, 1.165) is 24.2 Å². The summed E-state index contributed by atoms with van der Waals surface area (Å²) in [4.78, 5) is 0. The molecule has 0 bridgehead atoms. The summed E-state index contributed by atoms with van der Waals surface area (Å²) in [5.74, 6) is -0.361. The number of aryl methyl sites for hydroxylation is 1. The van der Waals surface area contributed by atoms with Crippen LogP contribution in [-0.2, 0) is 20.0 Å². The highest BCUT2D eigenvalue weighted by atomic mass is 19.1. The van der Waals surface area contributed by atoms with Gasteiger partial charge in [-0.15, -0.1) is 0 Å². The molecular weight excluding hydrogens is 257 g/mol. The van der Waals surface area contributed by atoms with Crippen LogP contribution >= 0.6 is 0 Å². The Kier molecular flexibility index (Phi) is 3.47. The van der Waals surface area contributed by atoms with Gasteiger partial charge in [0.25, 0.3) is 0 Å². The largest absolute Gasteiger partial charge is 0.311 e. The van der Waals surface area contributed by atoms with Crippen LogP contribution < -0.4 is 5.32 Å². The zero-order valence-electron chi connectivity index (χ0n) is 11.2. The van der Waals surface area contributed by atoms with Crippen molar-refractivity contribution in [1.29, 1.82) is 0 Å². The summed E-state index contributed by atoms with van der Waals surface area (Å²) in [7, 11) is 1.89. The molecule has 0 aliphatic carbocycles. The number of nitrogens with one attached hydrogen (secondary N) is 2. The van der Waals surface area contributed by atoms with Gasteiger partial charge >= 0.3 is 0 Å². The van der Waals surface area contributed by atoms with E-state index in [1.807, 2.05) is 31.4 Å². The molecular formula is C14H16FN5. The van der Waals surface area contributed by atoms with Gasteiger partial charge in [-0.05, 0) is 30.7 Å². The molecule has 0 aliphatic rings.